The van der Waals surface area contributed by atoms with Crippen LogP contribution < -0.4 is 5.32 Å². The smallest absolute Gasteiger partial charge is 0.0892 e. The number of likely N-dealkylation sites (N-methyl/N-ethyl adjacent to an activating group) is 1. The van der Waals surface area contributed by atoms with E-state index >= 15 is 0 Å². The monoisotopic (exact) mass is 284 g/mol. The molecule has 0 saturated carbocycles. The molecule has 6 heteroatoms. The third kappa shape index (κ3) is 2.80. The fraction of sp³-hybridized carbons (Fsp3) is 0.400. The van der Waals surface area contributed by atoms with Crippen LogP contribution in [0.15, 0.2) is 37.2 Å². The molecule has 110 valence electrons. The van der Waals surface area contributed by atoms with Crippen molar-refractivity contribution in [3.63, 3.8) is 0 Å². The zero-order valence-electron chi connectivity index (χ0n) is 12.4. The first-order chi connectivity index (χ1) is 10.3. The van der Waals surface area contributed by atoms with Gasteiger partial charge in [0.25, 0.3) is 0 Å². The predicted octanol–water partition coefficient (Wildman–Crippen LogP) is 1.84. The van der Waals surface area contributed by atoms with Gasteiger partial charge >= 0.3 is 0 Å². The topological polar surface area (TPSA) is 60.0 Å². The van der Waals surface area contributed by atoms with Crippen LogP contribution >= 0.6 is 0 Å². The maximum absolute atomic E-state index is 4.40. The second-order valence-electron chi connectivity index (χ2n) is 5.02. The summed E-state index contributed by atoms with van der Waals surface area (Å²) in [7, 11) is 0. The van der Waals surface area contributed by atoms with E-state index in [0.29, 0.717) is 0 Å². The normalized spacial score (nSPS) is 12.9. The molecule has 3 aromatic heterocycles. The van der Waals surface area contributed by atoms with Crippen molar-refractivity contribution in [1.82, 2.24) is 29.7 Å². The minimum Gasteiger partial charge on any atom is -0.310 e. The van der Waals surface area contributed by atoms with E-state index in [2.05, 4.69) is 40.5 Å². The summed E-state index contributed by atoms with van der Waals surface area (Å²) in [5, 5.41) is 12.3. The zero-order chi connectivity index (χ0) is 14.7. The molecule has 6 nitrogen and oxygen atoms in total. The Morgan fingerprint density at radius 1 is 1.19 bits per heavy atom. The first-order valence-electron chi connectivity index (χ1n) is 7.33. The van der Waals surface area contributed by atoms with Crippen molar-refractivity contribution in [3.05, 3.63) is 48.3 Å². The molecule has 3 rings (SSSR count). The van der Waals surface area contributed by atoms with E-state index in [1.165, 1.54) is 11.1 Å². The maximum atomic E-state index is 4.40. The number of nitrogens with one attached hydrogen (secondary N) is 1. The fourth-order valence-electron chi connectivity index (χ4n) is 2.58. The van der Waals surface area contributed by atoms with Crippen LogP contribution in [-0.2, 0) is 13.0 Å². The number of fused-ring (bicyclic) bond motifs is 1. The van der Waals surface area contributed by atoms with Gasteiger partial charge in [0.15, 0.2) is 0 Å². The number of hydrogen-bond donors (Lipinski definition) is 1. The lowest BCUT2D eigenvalue weighted by atomic mass is 10.0. The highest BCUT2D eigenvalue weighted by Crippen LogP contribution is 2.22. The van der Waals surface area contributed by atoms with Gasteiger partial charge < -0.3 is 5.32 Å². The van der Waals surface area contributed by atoms with Crippen molar-refractivity contribution >= 4 is 5.52 Å². The molecule has 1 N–H and O–H groups in total. The van der Waals surface area contributed by atoms with E-state index in [4.69, 9.17) is 0 Å². The Bertz CT molecular complexity index is 714. The molecular formula is C15H20N6. The van der Waals surface area contributed by atoms with Crippen molar-refractivity contribution < 1.29 is 0 Å². The van der Waals surface area contributed by atoms with Crippen LogP contribution in [0.1, 0.15) is 31.0 Å². The molecule has 1 unspecified atom stereocenters. The van der Waals surface area contributed by atoms with Crippen LogP contribution in [0.25, 0.3) is 5.52 Å². The average molecular weight is 284 g/mol. The van der Waals surface area contributed by atoms with Crippen molar-refractivity contribution in [2.75, 3.05) is 6.54 Å². The summed E-state index contributed by atoms with van der Waals surface area (Å²) in [5.74, 6) is 0. The van der Waals surface area contributed by atoms with E-state index in [1.54, 1.807) is 6.20 Å². The van der Waals surface area contributed by atoms with Gasteiger partial charge in [-0.1, -0.05) is 6.92 Å². The largest absolute Gasteiger partial charge is 0.310 e. The Morgan fingerprint density at radius 2 is 2.10 bits per heavy atom. The highest BCUT2D eigenvalue weighted by molar-refractivity contribution is 5.53. The second-order valence-corrected chi connectivity index (χ2v) is 5.02. The lowest BCUT2D eigenvalue weighted by molar-refractivity contribution is 0.552. The molecule has 21 heavy (non-hydrogen) atoms. The summed E-state index contributed by atoms with van der Waals surface area (Å²) >= 11 is 0. The van der Waals surface area contributed by atoms with Crippen LogP contribution in [0.2, 0.25) is 0 Å². The van der Waals surface area contributed by atoms with Crippen molar-refractivity contribution in [2.24, 2.45) is 0 Å². The summed E-state index contributed by atoms with van der Waals surface area (Å²) in [6, 6.07) is 0.214. The highest BCUT2D eigenvalue weighted by Gasteiger charge is 2.17. The predicted molar refractivity (Wildman–Crippen MR) is 81.0 cm³/mol. The van der Waals surface area contributed by atoms with E-state index in [-0.39, 0.29) is 6.04 Å². The molecule has 0 aromatic carbocycles. The quantitative estimate of drug-likeness (QED) is 0.750. The van der Waals surface area contributed by atoms with Gasteiger partial charge in [-0.3, -0.25) is 9.67 Å². The number of aromatic nitrogens is 5. The highest BCUT2D eigenvalue weighted by atomic mass is 15.3. The number of hydrogen-bond acceptors (Lipinski definition) is 4. The average Bonchev–Trinajstić information content (AvgIpc) is 3.13. The van der Waals surface area contributed by atoms with Crippen molar-refractivity contribution in [1.29, 1.82) is 0 Å². The maximum Gasteiger partial charge on any atom is 0.0892 e. The summed E-state index contributed by atoms with van der Waals surface area (Å²) in [4.78, 5) is 4.21. The van der Waals surface area contributed by atoms with Gasteiger partial charge in [-0.05, 0) is 25.5 Å². The number of nitrogens with zero attached hydrogens (tertiary/aromatic N) is 5. The molecule has 3 heterocycles. The van der Waals surface area contributed by atoms with E-state index in [0.717, 1.165) is 25.0 Å². The summed E-state index contributed by atoms with van der Waals surface area (Å²) < 4.78 is 3.82. The lowest BCUT2D eigenvalue weighted by Crippen LogP contribution is -2.22. The molecule has 0 bridgehead atoms. The molecular weight excluding hydrogens is 264 g/mol. The lowest BCUT2D eigenvalue weighted by Gasteiger charge is -2.16. The van der Waals surface area contributed by atoms with Crippen LogP contribution in [0.3, 0.4) is 0 Å². The van der Waals surface area contributed by atoms with E-state index < -0.39 is 0 Å². The number of rotatable bonds is 6. The van der Waals surface area contributed by atoms with Crippen LogP contribution in [0.4, 0.5) is 0 Å². The van der Waals surface area contributed by atoms with Crippen LogP contribution in [0.5, 0.6) is 0 Å². The third-order valence-corrected chi connectivity index (χ3v) is 3.63. The van der Waals surface area contributed by atoms with Gasteiger partial charge in [0, 0.05) is 36.7 Å². The molecule has 0 radical (unpaired) electrons. The Labute approximate surface area is 123 Å². The van der Waals surface area contributed by atoms with Crippen molar-refractivity contribution in [3.8, 4) is 0 Å². The first-order valence-corrected chi connectivity index (χ1v) is 7.33. The Morgan fingerprint density at radius 3 is 2.86 bits per heavy atom. The molecule has 0 amide bonds. The zero-order valence-corrected chi connectivity index (χ0v) is 12.4. The summed E-state index contributed by atoms with van der Waals surface area (Å²) in [6.45, 7) is 6.01. The molecule has 0 aliphatic rings. The minimum absolute atomic E-state index is 0.214. The van der Waals surface area contributed by atoms with E-state index in [1.807, 2.05) is 34.0 Å². The van der Waals surface area contributed by atoms with Crippen molar-refractivity contribution in [2.45, 2.75) is 32.9 Å². The van der Waals surface area contributed by atoms with Gasteiger partial charge in [0.1, 0.15) is 0 Å². The van der Waals surface area contributed by atoms with Gasteiger partial charge in [-0.15, -0.1) is 0 Å². The second kappa shape index (κ2) is 6.05. The Hall–Kier alpha value is -2.21. The molecule has 0 aliphatic heterocycles. The Kier molecular flexibility index (Phi) is 3.96. The standard InChI is InChI=1S/C15H20N6/c1-3-17-14(7-12-8-18-20(4-2)11-12)13-9-19-21-6-5-16-10-15(13)21/h5-6,8-11,14,17H,3-4,7H2,1-2H3. The number of aryl methyl sites for hydroxylation is 1. The summed E-state index contributed by atoms with van der Waals surface area (Å²) in [5.41, 5.74) is 3.45. The molecule has 1 atom stereocenters. The molecule has 0 fully saturated rings. The molecule has 3 aromatic rings. The van der Waals surface area contributed by atoms with Gasteiger partial charge in [-0.2, -0.15) is 10.2 Å². The van der Waals surface area contributed by atoms with Gasteiger partial charge in [0.05, 0.1) is 24.1 Å². The third-order valence-electron chi connectivity index (χ3n) is 3.63. The minimum atomic E-state index is 0.214. The first kappa shape index (κ1) is 13.8. The van der Waals surface area contributed by atoms with Crippen LogP contribution in [0, 0.1) is 0 Å². The molecule has 0 saturated heterocycles. The summed E-state index contributed by atoms with van der Waals surface area (Å²) in [6.07, 6.45) is 12.3. The van der Waals surface area contributed by atoms with E-state index in [9.17, 15) is 0 Å². The SMILES string of the molecule is CCNC(Cc1cnn(CC)c1)c1cnn2ccncc12. The van der Waals surface area contributed by atoms with Crippen LogP contribution in [-0.4, -0.2) is 30.9 Å². The van der Waals surface area contributed by atoms with Gasteiger partial charge in [-0.25, -0.2) is 4.52 Å². The fourth-order valence-corrected chi connectivity index (χ4v) is 2.58. The Balaban J connectivity index is 1.90. The molecule has 0 spiro atoms. The van der Waals surface area contributed by atoms with Gasteiger partial charge in [0.2, 0.25) is 0 Å². The molecule has 0 aliphatic carbocycles.